The molecular weight excluding hydrogens is 320 g/mol. The lowest BCUT2D eigenvalue weighted by molar-refractivity contribution is 0.0599. The van der Waals surface area contributed by atoms with E-state index in [1.165, 1.54) is 22.0 Å². The Hall–Kier alpha value is -2.67. The van der Waals surface area contributed by atoms with Gasteiger partial charge in [-0.05, 0) is 12.5 Å². The average molecular weight is 342 g/mol. The van der Waals surface area contributed by atoms with Gasteiger partial charge in [0.25, 0.3) is 5.91 Å². The minimum absolute atomic E-state index is 0.0467. The van der Waals surface area contributed by atoms with Crippen molar-refractivity contribution < 1.29 is 14.7 Å². The Labute approximate surface area is 146 Å². The maximum atomic E-state index is 12.7. The highest BCUT2D eigenvalue weighted by Gasteiger charge is 2.28. The molecule has 2 aromatic rings. The molecule has 0 saturated carbocycles. The highest BCUT2D eigenvalue weighted by Crippen LogP contribution is 2.15. The molecule has 0 aliphatic carbocycles. The summed E-state index contributed by atoms with van der Waals surface area (Å²) in [5, 5.41) is 13.1. The molecule has 25 heavy (non-hydrogen) atoms. The molecule has 1 aromatic carbocycles. The summed E-state index contributed by atoms with van der Waals surface area (Å²) in [6, 6.07) is 8.46. The summed E-state index contributed by atoms with van der Waals surface area (Å²) >= 11 is 0. The molecule has 1 amide bonds. The lowest BCUT2D eigenvalue weighted by Gasteiger charge is -2.34. The highest BCUT2D eigenvalue weighted by molar-refractivity contribution is 6.03. The Balaban J connectivity index is 1.62. The topological polar surface area (TPSA) is 78.7 Å². The molecule has 1 fully saturated rings. The number of aryl methyl sites for hydroxylation is 2. The second-order valence-electron chi connectivity index (χ2n) is 6.39. The van der Waals surface area contributed by atoms with Crippen molar-refractivity contribution in [1.82, 2.24) is 19.6 Å². The van der Waals surface area contributed by atoms with E-state index in [9.17, 15) is 14.7 Å². The van der Waals surface area contributed by atoms with Crippen LogP contribution in [0.5, 0.6) is 0 Å². The Morgan fingerprint density at radius 2 is 1.76 bits per heavy atom. The van der Waals surface area contributed by atoms with Crippen LogP contribution in [-0.2, 0) is 13.6 Å². The van der Waals surface area contributed by atoms with Crippen molar-refractivity contribution >= 4 is 11.9 Å². The molecule has 1 aliphatic heterocycles. The third kappa shape index (κ3) is 3.71. The number of benzene rings is 1. The number of carbonyl (C=O) groups excluding carboxylic acids is 1. The normalized spacial score (nSPS) is 15.4. The Kier molecular flexibility index (Phi) is 4.85. The van der Waals surface area contributed by atoms with Gasteiger partial charge in [-0.1, -0.05) is 29.8 Å². The maximum Gasteiger partial charge on any atom is 0.339 e. The third-order valence-corrected chi connectivity index (χ3v) is 4.56. The zero-order valence-electron chi connectivity index (χ0n) is 14.5. The van der Waals surface area contributed by atoms with Crippen LogP contribution in [0.15, 0.2) is 30.5 Å². The van der Waals surface area contributed by atoms with Crippen LogP contribution in [0.2, 0.25) is 0 Å². The van der Waals surface area contributed by atoms with Crippen molar-refractivity contribution in [3.05, 3.63) is 52.8 Å². The first kappa shape index (κ1) is 17.2. The first-order valence-electron chi connectivity index (χ1n) is 8.28. The lowest BCUT2D eigenvalue weighted by atomic mass is 10.1. The van der Waals surface area contributed by atoms with Crippen LogP contribution in [0.3, 0.4) is 0 Å². The van der Waals surface area contributed by atoms with E-state index in [-0.39, 0.29) is 17.2 Å². The second-order valence-corrected chi connectivity index (χ2v) is 6.39. The molecule has 7 heteroatoms. The summed E-state index contributed by atoms with van der Waals surface area (Å²) in [6.45, 7) is 5.61. The van der Waals surface area contributed by atoms with Crippen LogP contribution < -0.4 is 0 Å². The largest absolute Gasteiger partial charge is 0.478 e. The van der Waals surface area contributed by atoms with E-state index in [1.54, 1.807) is 11.9 Å². The predicted molar refractivity (Wildman–Crippen MR) is 92.5 cm³/mol. The fourth-order valence-corrected chi connectivity index (χ4v) is 3.06. The zero-order valence-corrected chi connectivity index (χ0v) is 14.5. The molecule has 0 bridgehead atoms. The van der Waals surface area contributed by atoms with E-state index < -0.39 is 5.97 Å². The number of nitrogens with zero attached hydrogens (tertiary/aromatic N) is 4. The Bertz CT molecular complexity index is 774. The van der Waals surface area contributed by atoms with E-state index >= 15 is 0 Å². The molecule has 132 valence electrons. The third-order valence-electron chi connectivity index (χ3n) is 4.56. The van der Waals surface area contributed by atoms with Gasteiger partial charge in [-0.25, -0.2) is 4.79 Å². The van der Waals surface area contributed by atoms with E-state index in [0.29, 0.717) is 13.1 Å². The molecule has 1 saturated heterocycles. The van der Waals surface area contributed by atoms with E-state index in [4.69, 9.17) is 0 Å². The van der Waals surface area contributed by atoms with Gasteiger partial charge in [-0.2, -0.15) is 5.10 Å². The van der Waals surface area contributed by atoms with Gasteiger partial charge in [0, 0.05) is 39.8 Å². The van der Waals surface area contributed by atoms with Gasteiger partial charge in [0.1, 0.15) is 11.3 Å². The fraction of sp³-hybridized carbons (Fsp3) is 0.389. The number of hydrogen-bond donors (Lipinski definition) is 1. The monoisotopic (exact) mass is 342 g/mol. The van der Waals surface area contributed by atoms with Crippen LogP contribution in [-0.4, -0.2) is 62.7 Å². The molecule has 0 radical (unpaired) electrons. The minimum Gasteiger partial charge on any atom is -0.478 e. The van der Waals surface area contributed by atoms with E-state index in [2.05, 4.69) is 41.2 Å². The SMILES string of the molecule is Cc1ccc(CN2CCN(C(=O)c3c(C(=O)O)cnn3C)CC2)cc1. The van der Waals surface area contributed by atoms with Gasteiger partial charge in [-0.3, -0.25) is 14.4 Å². The van der Waals surface area contributed by atoms with Gasteiger partial charge in [-0.15, -0.1) is 0 Å². The Morgan fingerprint density at radius 1 is 1.12 bits per heavy atom. The van der Waals surface area contributed by atoms with Crippen molar-refractivity contribution in [3.63, 3.8) is 0 Å². The number of hydrogen-bond acceptors (Lipinski definition) is 4. The van der Waals surface area contributed by atoms with Gasteiger partial charge in [0.05, 0.1) is 6.20 Å². The highest BCUT2D eigenvalue weighted by atomic mass is 16.4. The van der Waals surface area contributed by atoms with E-state index in [1.807, 2.05) is 0 Å². The maximum absolute atomic E-state index is 12.7. The average Bonchev–Trinajstić information content (AvgIpc) is 2.99. The van der Waals surface area contributed by atoms with Gasteiger partial charge >= 0.3 is 5.97 Å². The minimum atomic E-state index is -1.13. The van der Waals surface area contributed by atoms with Gasteiger partial charge in [0.15, 0.2) is 0 Å². The summed E-state index contributed by atoms with van der Waals surface area (Å²) in [5.41, 5.74) is 2.59. The molecule has 7 nitrogen and oxygen atoms in total. The van der Waals surface area contributed by atoms with Crippen molar-refractivity contribution in [2.24, 2.45) is 7.05 Å². The fourth-order valence-electron chi connectivity index (χ4n) is 3.06. The number of amides is 1. The number of rotatable bonds is 4. The summed E-state index contributed by atoms with van der Waals surface area (Å²) in [4.78, 5) is 28.0. The molecule has 3 rings (SSSR count). The number of carboxylic acids is 1. The molecule has 1 N–H and O–H groups in total. The van der Waals surface area contributed by atoms with Crippen LogP contribution in [0.1, 0.15) is 32.0 Å². The molecule has 0 unspecified atom stereocenters. The number of carbonyl (C=O) groups is 2. The number of aromatic nitrogens is 2. The molecule has 1 aliphatic rings. The quantitative estimate of drug-likeness (QED) is 0.908. The van der Waals surface area contributed by atoms with Crippen LogP contribution in [0, 0.1) is 6.92 Å². The van der Waals surface area contributed by atoms with Gasteiger partial charge in [0.2, 0.25) is 0 Å². The van der Waals surface area contributed by atoms with Crippen LogP contribution in [0.4, 0.5) is 0 Å². The number of aromatic carboxylic acids is 1. The molecule has 2 heterocycles. The summed E-state index contributed by atoms with van der Waals surface area (Å²) < 4.78 is 1.34. The van der Waals surface area contributed by atoms with Crippen molar-refractivity contribution in [1.29, 1.82) is 0 Å². The van der Waals surface area contributed by atoms with Crippen molar-refractivity contribution in [3.8, 4) is 0 Å². The Morgan fingerprint density at radius 3 is 2.36 bits per heavy atom. The standard InChI is InChI=1S/C18H22N4O3/c1-13-3-5-14(6-4-13)12-21-7-9-22(10-8-21)17(23)16-15(18(24)25)11-19-20(16)2/h3-6,11H,7-10,12H2,1-2H3,(H,24,25). The summed E-state index contributed by atoms with van der Waals surface area (Å²) in [6.07, 6.45) is 1.23. The summed E-state index contributed by atoms with van der Waals surface area (Å²) in [7, 11) is 1.59. The van der Waals surface area contributed by atoms with Crippen molar-refractivity contribution in [2.45, 2.75) is 13.5 Å². The zero-order chi connectivity index (χ0) is 18.0. The smallest absolute Gasteiger partial charge is 0.339 e. The first-order chi connectivity index (χ1) is 12.0. The summed E-state index contributed by atoms with van der Waals surface area (Å²) in [5.74, 6) is -1.40. The van der Waals surface area contributed by atoms with E-state index in [0.717, 1.165) is 19.6 Å². The number of carboxylic acid groups (broad SMARTS) is 1. The van der Waals surface area contributed by atoms with Crippen LogP contribution >= 0.6 is 0 Å². The molecular formula is C18H22N4O3. The lowest BCUT2D eigenvalue weighted by Crippen LogP contribution is -2.48. The second kappa shape index (κ2) is 7.06. The predicted octanol–water partition coefficient (Wildman–Crippen LogP) is 1.38. The van der Waals surface area contributed by atoms with Crippen LogP contribution in [0.25, 0.3) is 0 Å². The van der Waals surface area contributed by atoms with Crippen molar-refractivity contribution in [2.75, 3.05) is 26.2 Å². The molecule has 0 atom stereocenters. The first-order valence-corrected chi connectivity index (χ1v) is 8.28. The number of piperazine rings is 1. The molecule has 1 aromatic heterocycles. The molecule has 0 spiro atoms. The van der Waals surface area contributed by atoms with Gasteiger partial charge < -0.3 is 10.0 Å².